The third-order valence-electron chi connectivity index (χ3n) is 5.23. The topological polar surface area (TPSA) is 50.8 Å². The number of ether oxygens (including phenoxy) is 2. The van der Waals surface area contributed by atoms with Crippen molar-refractivity contribution >= 4 is 5.91 Å². The predicted octanol–water partition coefficient (Wildman–Crippen LogP) is 3.29. The zero-order chi connectivity index (χ0) is 17.9. The Morgan fingerprint density at radius 3 is 2.76 bits per heavy atom. The van der Waals surface area contributed by atoms with Crippen molar-refractivity contribution in [2.24, 2.45) is 0 Å². The molecule has 5 nitrogen and oxygen atoms in total. The second-order valence-corrected chi connectivity index (χ2v) is 7.67. The number of rotatable bonds is 5. The van der Waals surface area contributed by atoms with Gasteiger partial charge in [0.2, 0.25) is 5.91 Å². The van der Waals surface area contributed by atoms with E-state index in [0.29, 0.717) is 19.8 Å². The minimum Gasteiger partial charge on any atom is -0.490 e. The highest BCUT2D eigenvalue weighted by molar-refractivity contribution is 5.78. The Morgan fingerprint density at radius 1 is 1.24 bits per heavy atom. The second-order valence-electron chi connectivity index (χ2n) is 7.67. The van der Waals surface area contributed by atoms with Gasteiger partial charge in [0, 0.05) is 18.0 Å². The smallest absolute Gasteiger partial charge is 0.234 e. The Labute approximate surface area is 150 Å². The van der Waals surface area contributed by atoms with Crippen LogP contribution in [0, 0.1) is 0 Å². The van der Waals surface area contributed by atoms with Crippen molar-refractivity contribution in [3.8, 4) is 11.5 Å². The molecule has 1 N–H and O–H groups in total. The maximum atomic E-state index is 12.4. The van der Waals surface area contributed by atoms with E-state index in [1.54, 1.807) is 0 Å². The molecule has 1 aromatic rings. The maximum absolute atomic E-state index is 12.4. The van der Waals surface area contributed by atoms with E-state index in [9.17, 15) is 4.79 Å². The molecule has 1 fully saturated rings. The van der Waals surface area contributed by atoms with Gasteiger partial charge in [-0.3, -0.25) is 9.69 Å². The lowest BCUT2D eigenvalue weighted by Gasteiger charge is -2.29. The van der Waals surface area contributed by atoms with Crippen LogP contribution in [0.25, 0.3) is 0 Å². The molecule has 0 unspecified atom stereocenters. The molecule has 5 heteroatoms. The molecule has 0 aromatic heterocycles. The fraction of sp³-hybridized carbons (Fsp3) is 0.650. The third-order valence-corrected chi connectivity index (χ3v) is 5.23. The summed E-state index contributed by atoms with van der Waals surface area (Å²) in [6.45, 7) is 9.03. The first-order valence-electron chi connectivity index (χ1n) is 9.43. The number of hydrogen-bond acceptors (Lipinski definition) is 4. The summed E-state index contributed by atoms with van der Waals surface area (Å²) in [6.07, 6.45) is 4.02. The molecular formula is C20H30N2O3. The van der Waals surface area contributed by atoms with E-state index >= 15 is 0 Å². The number of carbonyl (C=O) groups is 1. The molecule has 0 bridgehead atoms. The lowest BCUT2D eigenvalue weighted by Crippen LogP contribution is -2.47. The van der Waals surface area contributed by atoms with Crippen LogP contribution >= 0.6 is 0 Å². The van der Waals surface area contributed by atoms with E-state index in [4.69, 9.17) is 9.47 Å². The molecule has 1 atom stereocenters. The van der Waals surface area contributed by atoms with Gasteiger partial charge >= 0.3 is 0 Å². The van der Waals surface area contributed by atoms with Gasteiger partial charge in [0.25, 0.3) is 0 Å². The molecule has 3 rings (SSSR count). The molecule has 2 heterocycles. The summed E-state index contributed by atoms with van der Waals surface area (Å²) in [5, 5.41) is 3.14. The molecule has 0 radical (unpaired) electrons. The van der Waals surface area contributed by atoms with Crippen molar-refractivity contribution in [1.29, 1.82) is 0 Å². The molecule has 0 aliphatic carbocycles. The monoisotopic (exact) mass is 346 g/mol. The number of likely N-dealkylation sites (tertiary alicyclic amines) is 1. The van der Waals surface area contributed by atoms with Crippen LogP contribution in [-0.2, 0) is 4.79 Å². The van der Waals surface area contributed by atoms with Crippen LogP contribution in [0.5, 0.6) is 11.5 Å². The predicted molar refractivity (Wildman–Crippen MR) is 98.1 cm³/mol. The maximum Gasteiger partial charge on any atom is 0.234 e. The summed E-state index contributed by atoms with van der Waals surface area (Å²) in [4.78, 5) is 14.7. The first-order valence-corrected chi connectivity index (χ1v) is 9.43. The zero-order valence-electron chi connectivity index (χ0n) is 15.6. The number of carbonyl (C=O) groups excluding carboxylic acids is 1. The Kier molecular flexibility index (Phi) is 5.52. The molecule has 0 saturated carbocycles. The molecular weight excluding hydrogens is 316 g/mol. The van der Waals surface area contributed by atoms with Crippen LogP contribution in [0.4, 0.5) is 0 Å². The van der Waals surface area contributed by atoms with Gasteiger partial charge in [-0.1, -0.05) is 13.0 Å². The number of hydrogen-bond donors (Lipinski definition) is 1. The normalized spacial score (nSPS) is 21.0. The van der Waals surface area contributed by atoms with E-state index in [0.717, 1.165) is 43.7 Å². The standard InChI is InChI=1S/C20H30N2O3/c1-4-20(2,3)21-19(23)14-22-10-5-7-16(22)15-8-9-17-18(13-15)25-12-6-11-24-17/h8-9,13,16H,4-7,10-12,14H2,1-3H3,(H,21,23)/t16-/m1/s1. The molecule has 2 aliphatic heterocycles. The van der Waals surface area contributed by atoms with E-state index in [1.165, 1.54) is 5.56 Å². The molecule has 25 heavy (non-hydrogen) atoms. The summed E-state index contributed by atoms with van der Waals surface area (Å²) in [6, 6.07) is 6.49. The van der Waals surface area contributed by atoms with Crippen molar-refractivity contribution in [3.05, 3.63) is 23.8 Å². The highest BCUT2D eigenvalue weighted by atomic mass is 16.5. The molecule has 0 spiro atoms. The fourth-order valence-electron chi connectivity index (χ4n) is 3.47. The van der Waals surface area contributed by atoms with E-state index < -0.39 is 0 Å². The van der Waals surface area contributed by atoms with Crippen molar-refractivity contribution in [2.45, 2.75) is 58.0 Å². The summed E-state index contributed by atoms with van der Waals surface area (Å²) >= 11 is 0. The van der Waals surface area contributed by atoms with Gasteiger partial charge in [-0.05, 0) is 57.4 Å². The summed E-state index contributed by atoms with van der Waals surface area (Å²) in [5.74, 6) is 1.76. The van der Waals surface area contributed by atoms with Crippen LogP contribution in [0.1, 0.15) is 58.1 Å². The van der Waals surface area contributed by atoms with Crippen molar-refractivity contribution in [1.82, 2.24) is 10.2 Å². The van der Waals surface area contributed by atoms with Crippen LogP contribution in [0.2, 0.25) is 0 Å². The van der Waals surface area contributed by atoms with Crippen LogP contribution in [0.3, 0.4) is 0 Å². The Bertz CT molecular complexity index is 615. The Morgan fingerprint density at radius 2 is 2.00 bits per heavy atom. The first-order chi connectivity index (χ1) is 12.0. The summed E-state index contributed by atoms with van der Waals surface area (Å²) in [5.41, 5.74) is 1.06. The average Bonchev–Trinajstić information content (AvgIpc) is 2.89. The van der Waals surface area contributed by atoms with Gasteiger partial charge in [-0.2, -0.15) is 0 Å². The number of nitrogens with one attached hydrogen (secondary N) is 1. The number of benzene rings is 1. The number of nitrogens with zero attached hydrogens (tertiary/aromatic N) is 1. The van der Waals surface area contributed by atoms with Gasteiger partial charge < -0.3 is 14.8 Å². The van der Waals surface area contributed by atoms with Crippen molar-refractivity contribution < 1.29 is 14.3 Å². The SMILES string of the molecule is CCC(C)(C)NC(=O)CN1CCC[C@@H]1c1ccc2c(c1)OCCCO2. The van der Waals surface area contributed by atoms with E-state index in [1.807, 2.05) is 6.07 Å². The van der Waals surface area contributed by atoms with Gasteiger partial charge in [0.05, 0.1) is 19.8 Å². The summed E-state index contributed by atoms with van der Waals surface area (Å²) < 4.78 is 11.5. The number of fused-ring (bicyclic) bond motifs is 1. The van der Waals surface area contributed by atoms with Gasteiger partial charge in [0.1, 0.15) is 0 Å². The number of amides is 1. The minimum atomic E-state index is -0.151. The quantitative estimate of drug-likeness (QED) is 0.889. The first kappa shape index (κ1) is 18.1. The van der Waals surface area contributed by atoms with Crippen molar-refractivity contribution in [2.75, 3.05) is 26.3 Å². The fourth-order valence-corrected chi connectivity index (χ4v) is 3.47. The highest BCUT2D eigenvalue weighted by Gasteiger charge is 2.29. The largest absolute Gasteiger partial charge is 0.490 e. The minimum absolute atomic E-state index is 0.105. The zero-order valence-corrected chi connectivity index (χ0v) is 15.6. The van der Waals surface area contributed by atoms with Gasteiger partial charge in [-0.15, -0.1) is 0 Å². The average molecular weight is 346 g/mol. The molecule has 2 aliphatic rings. The highest BCUT2D eigenvalue weighted by Crippen LogP contribution is 2.37. The summed E-state index contributed by atoms with van der Waals surface area (Å²) in [7, 11) is 0. The Hall–Kier alpha value is -1.75. The van der Waals surface area contributed by atoms with Gasteiger partial charge in [0.15, 0.2) is 11.5 Å². The Balaban J connectivity index is 1.69. The van der Waals surface area contributed by atoms with Crippen LogP contribution in [0.15, 0.2) is 18.2 Å². The van der Waals surface area contributed by atoms with Crippen LogP contribution in [-0.4, -0.2) is 42.6 Å². The third kappa shape index (κ3) is 4.46. The van der Waals surface area contributed by atoms with Gasteiger partial charge in [-0.25, -0.2) is 0 Å². The molecule has 1 amide bonds. The van der Waals surface area contributed by atoms with E-state index in [-0.39, 0.29) is 17.5 Å². The molecule has 1 aromatic carbocycles. The second kappa shape index (κ2) is 7.65. The van der Waals surface area contributed by atoms with E-state index in [2.05, 4.69) is 43.1 Å². The molecule has 138 valence electrons. The lowest BCUT2D eigenvalue weighted by atomic mass is 10.0. The van der Waals surface area contributed by atoms with Crippen LogP contribution < -0.4 is 14.8 Å². The van der Waals surface area contributed by atoms with Crippen molar-refractivity contribution in [3.63, 3.8) is 0 Å². The molecule has 1 saturated heterocycles. The lowest BCUT2D eigenvalue weighted by molar-refractivity contribution is -0.124.